The van der Waals surface area contributed by atoms with Gasteiger partial charge in [0, 0.05) is 31.5 Å². The Morgan fingerprint density at radius 2 is 1.83 bits per heavy atom. The molecule has 4 nitrogen and oxygen atoms in total. The minimum Gasteiger partial charge on any atom is -0.493 e. The van der Waals surface area contributed by atoms with Crippen molar-refractivity contribution in [2.45, 2.75) is 12.5 Å². The molecule has 2 aliphatic rings. The van der Waals surface area contributed by atoms with Crippen molar-refractivity contribution in [2.75, 3.05) is 26.2 Å². The number of fused-ring (bicyclic) bond motifs is 1. The molecule has 4 heteroatoms. The van der Waals surface area contributed by atoms with E-state index in [1.165, 1.54) is 11.1 Å². The number of ether oxygens (including phenoxy) is 1. The van der Waals surface area contributed by atoms with E-state index < -0.39 is 0 Å². The molecule has 1 saturated heterocycles. The van der Waals surface area contributed by atoms with Gasteiger partial charge in [-0.05, 0) is 23.6 Å². The number of benzene rings is 2. The van der Waals surface area contributed by atoms with Gasteiger partial charge in [0.1, 0.15) is 5.75 Å². The normalized spacial score (nSPS) is 25.9. The molecule has 126 valence electrons. The minimum atomic E-state index is 0.377. The zero-order chi connectivity index (χ0) is 16.2. The molecule has 4 rings (SSSR count). The molecule has 3 atom stereocenters. The van der Waals surface area contributed by atoms with E-state index >= 15 is 0 Å². The van der Waals surface area contributed by atoms with Crippen molar-refractivity contribution in [2.24, 2.45) is 11.8 Å². The number of para-hydroxylation sites is 1. The SMILES string of the molecule is c1ccc(C2NNCC2CNCC2COc3ccccc3C2)cc1. The Kier molecular flexibility index (Phi) is 4.78. The van der Waals surface area contributed by atoms with E-state index in [0.717, 1.165) is 38.4 Å². The summed E-state index contributed by atoms with van der Waals surface area (Å²) in [6.07, 6.45) is 1.10. The molecule has 2 aromatic carbocycles. The number of nitrogens with one attached hydrogen (secondary N) is 3. The van der Waals surface area contributed by atoms with Crippen LogP contribution in [0.4, 0.5) is 0 Å². The van der Waals surface area contributed by atoms with Crippen molar-refractivity contribution in [3.8, 4) is 5.75 Å². The lowest BCUT2D eigenvalue weighted by atomic mass is 9.94. The fraction of sp³-hybridized carbons (Fsp3) is 0.400. The summed E-state index contributed by atoms with van der Waals surface area (Å²) < 4.78 is 5.88. The van der Waals surface area contributed by atoms with Crippen molar-refractivity contribution < 1.29 is 4.74 Å². The topological polar surface area (TPSA) is 45.3 Å². The van der Waals surface area contributed by atoms with Crippen molar-refractivity contribution in [1.29, 1.82) is 0 Å². The van der Waals surface area contributed by atoms with Crippen LogP contribution in [-0.4, -0.2) is 26.2 Å². The highest BCUT2D eigenvalue weighted by molar-refractivity contribution is 5.35. The maximum absolute atomic E-state index is 5.88. The summed E-state index contributed by atoms with van der Waals surface area (Å²) in [5.74, 6) is 2.17. The van der Waals surface area contributed by atoms with Crippen molar-refractivity contribution >= 4 is 0 Å². The summed E-state index contributed by atoms with van der Waals surface area (Å²) in [6.45, 7) is 3.83. The summed E-state index contributed by atoms with van der Waals surface area (Å²) in [7, 11) is 0. The first-order valence-corrected chi connectivity index (χ1v) is 8.85. The Morgan fingerprint density at radius 1 is 1.00 bits per heavy atom. The monoisotopic (exact) mass is 323 g/mol. The summed E-state index contributed by atoms with van der Waals surface area (Å²) in [4.78, 5) is 0. The third-order valence-electron chi connectivity index (χ3n) is 5.05. The highest BCUT2D eigenvalue weighted by atomic mass is 16.5. The molecule has 0 bridgehead atoms. The van der Waals surface area contributed by atoms with Crippen molar-refractivity contribution in [1.82, 2.24) is 16.2 Å². The summed E-state index contributed by atoms with van der Waals surface area (Å²) in [5.41, 5.74) is 9.40. The van der Waals surface area contributed by atoms with Gasteiger partial charge in [0.05, 0.1) is 12.6 Å². The Morgan fingerprint density at radius 3 is 2.75 bits per heavy atom. The average molecular weight is 323 g/mol. The van der Waals surface area contributed by atoms with Crippen molar-refractivity contribution in [3.63, 3.8) is 0 Å². The van der Waals surface area contributed by atoms with E-state index in [4.69, 9.17) is 4.74 Å². The highest BCUT2D eigenvalue weighted by Crippen LogP contribution is 2.27. The van der Waals surface area contributed by atoms with Gasteiger partial charge >= 0.3 is 0 Å². The van der Waals surface area contributed by atoms with Gasteiger partial charge in [-0.15, -0.1) is 0 Å². The summed E-state index contributed by atoms with van der Waals surface area (Å²) in [5, 5.41) is 3.67. The maximum atomic E-state index is 5.88. The predicted molar refractivity (Wildman–Crippen MR) is 95.8 cm³/mol. The fourth-order valence-corrected chi connectivity index (χ4v) is 3.74. The second-order valence-corrected chi connectivity index (χ2v) is 6.82. The first-order chi connectivity index (χ1) is 11.9. The highest BCUT2D eigenvalue weighted by Gasteiger charge is 2.28. The van der Waals surface area contributed by atoms with Gasteiger partial charge in [0.2, 0.25) is 0 Å². The van der Waals surface area contributed by atoms with E-state index in [-0.39, 0.29) is 0 Å². The molecule has 0 aliphatic carbocycles. The molecule has 0 spiro atoms. The molecule has 24 heavy (non-hydrogen) atoms. The Bertz CT molecular complexity index is 661. The smallest absolute Gasteiger partial charge is 0.122 e. The Hall–Kier alpha value is -1.88. The van der Waals surface area contributed by atoms with Crippen LogP contribution in [0.25, 0.3) is 0 Å². The molecular weight excluding hydrogens is 298 g/mol. The van der Waals surface area contributed by atoms with E-state index in [2.05, 4.69) is 64.7 Å². The number of rotatable bonds is 5. The molecular formula is C20H25N3O. The lowest BCUT2D eigenvalue weighted by Crippen LogP contribution is -2.35. The number of hydrazine groups is 1. The Balaban J connectivity index is 1.28. The first-order valence-electron chi connectivity index (χ1n) is 8.85. The van der Waals surface area contributed by atoms with Crippen LogP contribution < -0.4 is 20.9 Å². The van der Waals surface area contributed by atoms with Gasteiger partial charge in [0.15, 0.2) is 0 Å². The van der Waals surface area contributed by atoms with Gasteiger partial charge in [-0.25, -0.2) is 5.43 Å². The molecule has 1 fully saturated rings. The van der Waals surface area contributed by atoms with Gasteiger partial charge in [-0.3, -0.25) is 5.43 Å². The molecule has 0 radical (unpaired) electrons. The van der Waals surface area contributed by atoms with Crippen molar-refractivity contribution in [3.05, 3.63) is 65.7 Å². The number of hydrogen-bond donors (Lipinski definition) is 3. The molecule has 0 saturated carbocycles. The second kappa shape index (κ2) is 7.34. The number of hydrogen-bond acceptors (Lipinski definition) is 4. The lowest BCUT2D eigenvalue weighted by Gasteiger charge is -2.26. The van der Waals surface area contributed by atoms with Crippen LogP contribution >= 0.6 is 0 Å². The van der Waals surface area contributed by atoms with Gasteiger partial charge in [-0.1, -0.05) is 48.5 Å². The molecule has 0 amide bonds. The predicted octanol–water partition coefficient (Wildman–Crippen LogP) is 2.29. The van der Waals surface area contributed by atoms with Gasteiger partial charge < -0.3 is 10.1 Å². The summed E-state index contributed by atoms with van der Waals surface area (Å²) in [6, 6.07) is 19.4. The molecule has 2 aromatic rings. The maximum Gasteiger partial charge on any atom is 0.122 e. The quantitative estimate of drug-likeness (QED) is 0.790. The van der Waals surface area contributed by atoms with Crippen LogP contribution in [-0.2, 0) is 6.42 Å². The van der Waals surface area contributed by atoms with E-state index in [9.17, 15) is 0 Å². The zero-order valence-electron chi connectivity index (χ0n) is 13.9. The third kappa shape index (κ3) is 3.46. The molecule has 0 aromatic heterocycles. The van der Waals surface area contributed by atoms with Crippen LogP contribution in [0.3, 0.4) is 0 Å². The van der Waals surface area contributed by atoms with Gasteiger partial charge in [-0.2, -0.15) is 0 Å². The third-order valence-corrected chi connectivity index (χ3v) is 5.05. The Labute approximate surface area is 143 Å². The fourth-order valence-electron chi connectivity index (χ4n) is 3.74. The second-order valence-electron chi connectivity index (χ2n) is 6.82. The van der Waals surface area contributed by atoms with Crippen LogP contribution in [0.5, 0.6) is 5.75 Å². The summed E-state index contributed by atoms with van der Waals surface area (Å²) >= 11 is 0. The largest absolute Gasteiger partial charge is 0.493 e. The molecule has 3 N–H and O–H groups in total. The molecule has 2 aliphatic heterocycles. The van der Waals surface area contributed by atoms with E-state index in [1.807, 2.05) is 6.07 Å². The van der Waals surface area contributed by atoms with Crippen LogP contribution in [0.2, 0.25) is 0 Å². The zero-order valence-corrected chi connectivity index (χ0v) is 13.9. The lowest BCUT2D eigenvalue weighted by molar-refractivity contribution is 0.216. The van der Waals surface area contributed by atoms with Crippen LogP contribution in [0.1, 0.15) is 17.2 Å². The molecule has 2 heterocycles. The average Bonchev–Trinajstić information content (AvgIpc) is 3.11. The van der Waals surface area contributed by atoms with Gasteiger partial charge in [0.25, 0.3) is 0 Å². The van der Waals surface area contributed by atoms with E-state index in [1.54, 1.807) is 0 Å². The van der Waals surface area contributed by atoms with Crippen LogP contribution in [0, 0.1) is 11.8 Å². The minimum absolute atomic E-state index is 0.377. The standard InChI is InChI=1S/C20H25N3O/c1-2-6-16(7-3-1)20-18(13-22-23-20)12-21-11-15-10-17-8-4-5-9-19(17)24-14-15/h1-9,15,18,20-23H,10-14H2. The molecule has 3 unspecified atom stereocenters. The van der Waals surface area contributed by atoms with Crippen LogP contribution in [0.15, 0.2) is 54.6 Å². The first kappa shape index (κ1) is 15.6. The van der Waals surface area contributed by atoms with E-state index in [0.29, 0.717) is 17.9 Å².